The molecule has 2 aromatic rings. The minimum atomic E-state index is -0.319. The van der Waals surface area contributed by atoms with Crippen LogP contribution in [-0.2, 0) is 0 Å². The minimum Gasteiger partial charge on any atom is -0.504 e. The Morgan fingerprint density at radius 3 is 2.30 bits per heavy atom. The molecule has 2 aromatic carbocycles. The number of para-hydroxylation sites is 1. The van der Waals surface area contributed by atoms with E-state index in [0.717, 1.165) is 0 Å². The maximum absolute atomic E-state index is 13.8. The van der Waals surface area contributed by atoms with E-state index in [-0.39, 0.29) is 23.2 Å². The van der Waals surface area contributed by atoms with E-state index in [2.05, 4.69) is 0 Å². The second-order valence-electron chi connectivity index (χ2n) is 5.43. The molecule has 0 saturated carbocycles. The van der Waals surface area contributed by atoms with Crippen LogP contribution >= 0.6 is 0 Å². The normalized spacial score (nSPS) is 14.8. The van der Waals surface area contributed by atoms with Crippen LogP contribution in [0.5, 0.6) is 11.5 Å². The average Bonchev–Trinajstić information content (AvgIpc) is 2.57. The zero-order valence-corrected chi connectivity index (χ0v) is 12.4. The maximum Gasteiger partial charge on any atom is 0.254 e. The summed E-state index contributed by atoms with van der Waals surface area (Å²) in [6.45, 7) is 2.01. The van der Waals surface area contributed by atoms with Crippen LogP contribution in [0.3, 0.4) is 0 Å². The van der Waals surface area contributed by atoms with Crippen LogP contribution in [0.25, 0.3) is 0 Å². The highest BCUT2D eigenvalue weighted by molar-refractivity contribution is 5.95. The number of carbonyl (C=O) groups is 1. The predicted molar refractivity (Wildman–Crippen MR) is 84.3 cm³/mol. The molecule has 0 unspecified atom stereocenters. The van der Waals surface area contributed by atoms with Gasteiger partial charge in [-0.05, 0) is 30.3 Å². The Hall–Kier alpha value is -2.76. The van der Waals surface area contributed by atoms with Gasteiger partial charge in [-0.25, -0.2) is 4.39 Å². The molecule has 1 amide bonds. The number of phenolic OH excluding ortho intramolecular Hbond substituents is 2. The van der Waals surface area contributed by atoms with Crippen molar-refractivity contribution in [3.8, 4) is 11.5 Å². The summed E-state index contributed by atoms with van der Waals surface area (Å²) in [5.74, 6) is -1.06. The van der Waals surface area contributed by atoms with Gasteiger partial charge in [0.05, 0.1) is 5.69 Å². The molecule has 1 heterocycles. The second kappa shape index (κ2) is 6.16. The molecule has 3 rings (SSSR count). The highest BCUT2D eigenvalue weighted by Crippen LogP contribution is 2.26. The van der Waals surface area contributed by atoms with E-state index >= 15 is 0 Å². The number of hydrogen-bond donors (Lipinski definition) is 2. The Morgan fingerprint density at radius 2 is 1.65 bits per heavy atom. The zero-order valence-electron chi connectivity index (χ0n) is 12.4. The molecule has 0 spiro atoms. The van der Waals surface area contributed by atoms with Crippen LogP contribution in [0.4, 0.5) is 10.1 Å². The molecule has 1 saturated heterocycles. The molecule has 0 bridgehead atoms. The summed E-state index contributed by atoms with van der Waals surface area (Å²) in [5.41, 5.74) is 0.863. The molecule has 1 fully saturated rings. The van der Waals surface area contributed by atoms with Crippen LogP contribution in [0.15, 0.2) is 42.5 Å². The number of carbonyl (C=O) groups excluding carboxylic acids is 1. The summed E-state index contributed by atoms with van der Waals surface area (Å²) < 4.78 is 13.8. The number of aromatic hydroxyl groups is 2. The second-order valence-corrected chi connectivity index (χ2v) is 5.43. The Morgan fingerprint density at radius 1 is 0.957 bits per heavy atom. The number of rotatable bonds is 2. The average molecular weight is 316 g/mol. The van der Waals surface area contributed by atoms with Crippen molar-refractivity contribution in [1.29, 1.82) is 0 Å². The first-order valence-electron chi connectivity index (χ1n) is 7.37. The van der Waals surface area contributed by atoms with Crippen molar-refractivity contribution < 1.29 is 19.4 Å². The lowest BCUT2D eigenvalue weighted by Gasteiger charge is -2.36. The Labute approximate surface area is 133 Å². The van der Waals surface area contributed by atoms with Gasteiger partial charge in [-0.2, -0.15) is 0 Å². The number of amides is 1. The van der Waals surface area contributed by atoms with E-state index in [4.69, 9.17) is 0 Å². The van der Waals surface area contributed by atoms with Gasteiger partial charge in [0.25, 0.3) is 5.91 Å². The molecular weight excluding hydrogens is 299 g/mol. The summed E-state index contributed by atoms with van der Waals surface area (Å²) in [6, 6.07) is 10.6. The van der Waals surface area contributed by atoms with Gasteiger partial charge in [0.1, 0.15) is 5.82 Å². The molecule has 1 aliphatic rings. The topological polar surface area (TPSA) is 64.0 Å². The minimum absolute atomic E-state index is 0.214. The molecule has 0 atom stereocenters. The highest BCUT2D eigenvalue weighted by atomic mass is 19.1. The highest BCUT2D eigenvalue weighted by Gasteiger charge is 2.24. The first kappa shape index (κ1) is 15.1. The van der Waals surface area contributed by atoms with Crippen LogP contribution in [0.2, 0.25) is 0 Å². The molecule has 5 nitrogen and oxygen atoms in total. The Kier molecular flexibility index (Phi) is 4.06. The van der Waals surface area contributed by atoms with E-state index in [1.807, 2.05) is 4.90 Å². The lowest BCUT2D eigenvalue weighted by molar-refractivity contribution is 0.0746. The molecule has 1 aliphatic heterocycles. The summed E-state index contributed by atoms with van der Waals surface area (Å²) >= 11 is 0. The molecule has 23 heavy (non-hydrogen) atoms. The van der Waals surface area contributed by atoms with E-state index in [9.17, 15) is 19.4 Å². The third-order valence-corrected chi connectivity index (χ3v) is 3.98. The van der Waals surface area contributed by atoms with Gasteiger partial charge in [-0.3, -0.25) is 4.79 Å². The van der Waals surface area contributed by atoms with E-state index < -0.39 is 0 Å². The van der Waals surface area contributed by atoms with Crippen molar-refractivity contribution in [1.82, 2.24) is 4.90 Å². The molecule has 0 aromatic heterocycles. The van der Waals surface area contributed by atoms with E-state index in [1.54, 1.807) is 23.1 Å². The van der Waals surface area contributed by atoms with Crippen LogP contribution in [-0.4, -0.2) is 47.2 Å². The molecule has 0 radical (unpaired) electrons. The summed E-state index contributed by atoms with van der Waals surface area (Å²) in [5, 5.41) is 18.8. The van der Waals surface area contributed by atoms with E-state index in [0.29, 0.717) is 37.4 Å². The molecule has 2 N–H and O–H groups in total. The number of halogens is 1. The van der Waals surface area contributed by atoms with Gasteiger partial charge < -0.3 is 20.0 Å². The van der Waals surface area contributed by atoms with Crippen molar-refractivity contribution in [2.24, 2.45) is 0 Å². The molecule has 6 heteroatoms. The first-order valence-corrected chi connectivity index (χ1v) is 7.37. The quantitative estimate of drug-likeness (QED) is 0.834. The number of anilines is 1. The third kappa shape index (κ3) is 3.06. The lowest BCUT2D eigenvalue weighted by atomic mass is 10.1. The monoisotopic (exact) mass is 316 g/mol. The fourth-order valence-electron chi connectivity index (χ4n) is 2.70. The Bertz CT molecular complexity index is 728. The summed E-state index contributed by atoms with van der Waals surface area (Å²) in [6.07, 6.45) is 0. The number of hydrogen-bond acceptors (Lipinski definition) is 4. The third-order valence-electron chi connectivity index (χ3n) is 3.98. The predicted octanol–water partition coefficient (Wildman–Crippen LogP) is 2.20. The van der Waals surface area contributed by atoms with Crippen molar-refractivity contribution in [3.63, 3.8) is 0 Å². The number of phenols is 2. The maximum atomic E-state index is 13.8. The Balaban J connectivity index is 1.68. The molecular formula is C17H17FN2O3. The van der Waals surface area contributed by atoms with Crippen molar-refractivity contribution in [2.75, 3.05) is 31.1 Å². The summed E-state index contributed by atoms with van der Waals surface area (Å²) in [7, 11) is 0. The van der Waals surface area contributed by atoms with Gasteiger partial charge in [0.15, 0.2) is 11.5 Å². The SMILES string of the molecule is O=C(c1ccc(O)c(O)c1)N1CCN(c2ccccc2F)CC1. The van der Waals surface area contributed by atoms with Crippen molar-refractivity contribution >= 4 is 11.6 Å². The largest absolute Gasteiger partial charge is 0.504 e. The van der Waals surface area contributed by atoms with Gasteiger partial charge in [0.2, 0.25) is 0 Å². The van der Waals surface area contributed by atoms with Gasteiger partial charge in [0, 0.05) is 31.7 Å². The van der Waals surface area contributed by atoms with Gasteiger partial charge in [-0.1, -0.05) is 12.1 Å². The van der Waals surface area contributed by atoms with E-state index in [1.165, 1.54) is 24.3 Å². The van der Waals surface area contributed by atoms with Crippen molar-refractivity contribution in [3.05, 3.63) is 53.8 Å². The summed E-state index contributed by atoms with van der Waals surface area (Å²) in [4.78, 5) is 16.0. The van der Waals surface area contributed by atoms with Crippen LogP contribution in [0, 0.1) is 5.82 Å². The van der Waals surface area contributed by atoms with Crippen LogP contribution < -0.4 is 4.90 Å². The smallest absolute Gasteiger partial charge is 0.254 e. The fraction of sp³-hybridized carbons (Fsp3) is 0.235. The standard InChI is InChI=1S/C17H17FN2O3/c18-13-3-1-2-4-14(13)19-7-9-20(10-8-19)17(23)12-5-6-15(21)16(22)11-12/h1-6,11,21-22H,7-10H2. The fourth-order valence-corrected chi connectivity index (χ4v) is 2.70. The van der Waals surface area contributed by atoms with Gasteiger partial charge >= 0.3 is 0 Å². The zero-order chi connectivity index (χ0) is 16.4. The number of benzene rings is 2. The number of piperazine rings is 1. The van der Waals surface area contributed by atoms with Gasteiger partial charge in [-0.15, -0.1) is 0 Å². The van der Waals surface area contributed by atoms with Crippen LogP contribution in [0.1, 0.15) is 10.4 Å². The number of nitrogens with zero attached hydrogens (tertiary/aromatic N) is 2. The molecule has 0 aliphatic carbocycles. The van der Waals surface area contributed by atoms with Crippen molar-refractivity contribution in [2.45, 2.75) is 0 Å². The lowest BCUT2D eigenvalue weighted by Crippen LogP contribution is -2.49. The first-order chi connectivity index (χ1) is 11.1. The molecule has 120 valence electrons.